The van der Waals surface area contributed by atoms with Crippen LogP contribution in [0.4, 0.5) is 0 Å². The molecule has 74 valence electrons. The quantitative estimate of drug-likeness (QED) is 0.665. The van der Waals surface area contributed by atoms with Gasteiger partial charge in [0.15, 0.2) is 0 Å². The van der Waals surface area contributed by atoms with Crippen LogP contribution < -0.4 is 0 Å². The topological polar surface area (TPSA) is 26.3 Å². The third kappa shape index (κ3) is 2.56. The Bertz CT molecular complexity index is 239. The molecule has 1 saturated heterocycles. The van der Waals surface area contributed by atoms with Gasteiger partial charge >= 0.3 is 5.97 Å². The summed E-state index contributed by atoms with van der Waals surface area (Å²) in [5.74, 6) is 1.18. The summed E-state index contributed by atoms with van der Waals surface area (Å²) in [5.41, 5.74) is 0. The SMILES string of the molecule is C/C(Br)=C1/CCC(C(C)C)C(=O)O1. The predicted octanol–water partition coefficient (Wildman–Crippen LogP) is 3.22. The molecule has 0 spiro atoms. The van der Waals surface area contributed by atoms with Crippen LogP contribution in [0.1, 0.15) is 33.6 Å². The van der Waals surface area contributed by atoms with E-state index in [9.17, 15) is 4.79 Å². The van der Waals surface area contributed by atoms with Crippen molar-refractivity contribution in [1.82, 2.24) is 0 Å². The fraction of sp³-hybridized carbons (Fsp3) is 0.700. The van der Waals surface area contributed by atoms with Gasteiger partial charge in [0.1, 0.15) is 5.76 Å². The second-order valence-electron chi connectivity index (χ2n) is 3.77. The average Bonchev–Trinajstić information content (AvgIpc) is 2.03. The zero-order valence-electron chi connectivity index (χ0n) is 8.26. The summed E-state index contributed by atoms with van der Waals surface area (Å²) in [6, 6.07) is 0. The van der Waals surface area contributed by atoms with Gasteiger partial charge in [0.05, 0.1) is 5.92 Å². The zero-order valence-corrected chi connectivity index (χ0v) is 9.85. The van der Waals surface area contributed by atoms with Crippen LogP contribution in [0.2, 0.25) is 0 Å². The number of hydrogen-bond acceptors (Lipinski definition) is 2. The largest absolute Gasteiger partial charge is 0.430 e. The van der Waals surface area contributed by atoms with Gasteiger partial charge in [-0.1, -0.05) is 29.8 Å². The lowest BCUT2D eigenvalue weighted by Crippen LogP contribution is -2.27. The third-order valence-electron chi connectivity index (χ3n) is 2.40. The number of allylic oxidation sites excluding steroid dienone is 2. The number of carbonyl (C=O) groups excluding carboxylic acids is 1. The van der Waals surface area contributed by atoms with Crippen LogP contribution in [0.15, 0.2) is 10.2 Å². The van der Waals surface area contributed by atoms with E-state index < -0.39 is 0 Å². The number of rotatable bonds is 1. The number of cyclic esters (lactones) is 1. The van der Waals surface area contributed by atoms with Crippen molar-refractivity contribution in [2.75, 3.05) is 0 Å². The highest BCUT2D eigenvalue weighted by atomic mass is 79.9. The first kappa shape index (κ1) is 10.8. The summed E-state index contributed by atoms with van der Waals surface area (Å²) < 4.78 is 6.15. The minimum Gasteiger partial charge on any atom is -0.430 e. The molecule has 0 radical (unpaired) electrons. The molecule has 0 bridgehead atoms. The number of carbonyl (C=O) groups is 1. The van der Waals surface area contributed by atoms with Gasteiger partial charge in [-0.05, 0) is 19.3 Å². The lowest BCUT2D eigenvalue weighted by atomic mass is 9.89. The summed E-state index contributed by atoms with van der Waals surface area (Å²) in [5, 5.41) is 0. The van der Waals surface area contributed by atoms with Gasteiger partial charge in [0.2, 0.25) is 0 Å². The van der Waals surface area contributed by atoms with Crippen LogP contribution >= 0.6 is 15.9 Å². The van der Waals surface area contributed by atoms with E-state index in [0.717, 1.165) is 23.1 Å². The molecule has 0 N–H and O–H groups in total. The number of ether oxygens (including phenoxy) is 1. The molecule has 1 unspecified atom stereocenters. The van der Waals surface area contributed by atoms with Crippen LogP contribution in [0.25, 0.3) is 0 Å². The van der Waals surface area contributed by atoms with Crippen LogP contribution in [0.5, 0.6) is 0 Å². The van der Waals surface area contributed by atoms with Gasteiger partial charge in [-0.15, -0.1) is 0 Å². The zero-order chi connectivity index (χ0) is 10.0. The van der Waals surface area contributed by atoms with E-state index in [1.54, 1.807) is 0 Å². The van der Waals surface area contributed by atoms with E-state index in [1.165, 1.54) is 0 Å². The maximum absolute atomic E-state index is 11.5. The third-order valence-corrected chi connectivity index (χ3v) is 2.84. The van der Waals surface area contributed by atoms with Crippen LogP contribution in [-0.2, 0) is 9.53 Å². The van der Waals surface area contributed by atoms with Gasteiger partial charge in [-0.2, -0.15) is 0 Å². The highest BCUT2D eigenvalue weighted by Gasteiger charge is 2.29. The van der Waals surface area contributed by atoms with Crippen molar-refractivity contribution in [1.29, 1.82) is 0 Å². The smallest absolute Gasteiger partial charge is 0.314 e. The molecule has 0 aromatic rings. The molecule has 1 rings (SSSR count). The van der Waals surface area contributed by atoms with E-state index in [1.807, 2.05) is 6.92 Å². The predicted molar refractivity (Wildman–Crippen MR) is 55.3 cm³/mol. The highest BCUT2D eigenvalue weighted by molar-refractivity contribution is 9.11. The number of esters is 1. The van der Waals surface area contributed by atoms with E-state index in [2.05, 4.69) is 29.8 Å². The van der Waals surface area contributed by atoms with Gasteiger partial charge in [-0.25, -0.2) is 0 Å². The van der Waals surface area contributed by atoms with E-state index in [4.69, 9.17) is 4.74 Å². The Morgan fingerprint density at radius 3 is 2.62 bits per heavy atom. The molecular weight excluding hydrogens is 232 g/mol. The minimum atomic E-state index is -0.0740. The highest BCUT2D eigenvalue weighted by Crippen LogP contribution is 2.30. The summed E-state index contributed by atoms with van der Waals surface area (Å²) >= 11 is 3.32. The first-order valence-electron chi connectivity index (χ1n) is 4.59. The standard InChI is InChI=1S/C10H15BrO2/c1-6(2)8-4-5-9(7(3)11)13-10(8)12/h6,8H,4-5H2,1-3H3/b9-7+. The molecule has 13 heavy (non-hydrogen) atoms. The van der Waals surface area contributed by atoms with Crippen molar-refractivity contribution in [3.8, 4) is 0 Å². The van der Waals surface area contributed by atoms with Crippen molar-refractivity contribution in [3.05, 3.63) is 10.2 Å². The lowest BCUT2D eigenvalue weighted by Gasteiger charge is -2.25. The molecule has 1 heterocycles. The molecule has 1 atom stereocenters. The van der Waals surface area contributed by atoms with E-state index in [-0.39, 0.29) is 11.9 Å². The molecule has 2 nitrogen and oxygen atoms in total. The fourth-order valence-electron chi connectivity index (χ4n) is 1.50. The van der Waals surface area contributed by atoms with Crippen molar-refractivity contribution in [3.63, 3.8) is 0 Å². The second kappa shape index (κ2) is 4.27. The Hall–Kier alpha value is -0.310. The van der Waals surface area contributed by atoms with Gasteiger partial charge < -0.3 is 4.74 Å². The normalized spacial score (nSPS) is 27.5. The van der Waals surface area contributed by atoms with Crippen LogP contribution in [0.3, 0.4) is 0 Å². The van der Waals surface area contributed by atoms with E-state index in [0.29, 0.717) is 5.92 Å². The van der Waals surface area contributed by atoms with Crippen molar-refractivity contribution < 1.29 is 9.53 Å². The van der Waals surface area contributed by atoms with Gasteiger partial charge in [0.25, 0.3) is 0 Å². The minimum absolute atomic E-state index is 0.0740. The summed E-state index contributed by atoms with van der Waals surface area (Å²) in [6.45, 7) is 6.02. The Morgan fingerprint density at radius 1 is 1.62 bits per heavy atom. The van der Waals surface area contributed by atoms with Crippen molar-refractivity contribution in [2.24, 2.45) is 11.8 Å². The number of hydrogen-bond donors (Lipinski definition) is 0. The Kier molecular flexibility index (Phi) is 3.54. The molecule has 3 heteroatoms. The maximum Gasteiger partial charge on any atom is 0.314 e. The molecule has 0 aromatic heterocycles. The molecule has 1 fully saturated rings. The molecular formula is C10H15BrO2. The summed E-state index contributed by atoms with van der Waals surface area (Å²) in [7, 11) is 0. The first-order valence-corrected chi connectivity index (χ1v) is 5.38. The Balaban J connectivity index is 2.68. The van der Waals surface area contributed by atoms with Crippen LogP contribution in [-0.4, -0.2) is 5.97 Å². The molecule has 1 aliphatic heterocycles. The molecule has 0 saturated carbocycles. The average molecular weight is 247 g/mol. The first-order chi connectivity index (χ1) is 6.02. The maximum atomic E-state index is 11.5. The molecule has 0 aliphatic carbocycles. The summed E-state index contributed by atoms with van der Waals surface area (Å²) in [4.78, 5) is 11.5. The summed E-state index contributed by atoms with van der Waals surface area (Å²) in [6.07, 6.45) is 1.78. The van der Waals surface area contributed by atoms with Crippen molar-refractivity contribution in [2.45, 2.75) is 33.6 Å². The fourth-order valence-corrected chi connectivity index (χ4v) is 1.78. The molecule has 0 amide bonds. The van der Waals surface area contributed by atoms with Gasteiger partial charge in [-0.3, -0.25) is 4.79 Å². The van der Waals surface area contributed by atoms with E-state index >= 15 is 0 Å². The number of halogens is 1. The van der Waals surface area contributed by atoms with Crippen molar-refractivity contribution >= 4 is 21.9 Å². The van der Waals surface area contributed by atoms with Gasteiger partial charge in [0, 0.05) is 10.9 Å². The Labute approximate surface area is 87.5 Å². The second-order valence-corrected chi connectivity index (χ2v) is 4.96. The molecule has 1 aliphatic rings. The Morgan fingerprint density at radius 2 is 2.23 bits per heavy atom. The molecule has 0 aromatic carbocycles. The lowest BCUT2D eigenvalue weighted by molar-refractivity contribution is -0.149. The monoisotopic (exact) mass is 246 g/mol. The van der Waals surface area contributed by atoms with Crippen LogP contribution in [0, 0.1) is 11.8 Å².